The molecule has 1 saturated heterocycles. The normalized spacial score (nSPS) is 17.7. The second-order valence-corrected chi connectivity index (χ2v) is 6.70. The average Bonchev–Trinajstić information content (AvgIpc) is 2.57. The zero-order valence-electron chi connectivity index (χ0n) is 14.0. The van der Waals surface area contributed by atoms with Gasteiger partial charge in [0.1, 0.15) is 0 Å². The Morgan fingerprint density at radius 3 is 2.58 bits per heavy atom. The third kappa shape index (κ3) is 3.82. The number of hydrogen-bond donors (Lipinski definition) is 1. The van der Waals surface area contributed by atoms with Gasteiger partial charge in [0.2, 0.25) is 0 Å². The molecule has 0 bridgehead atoms. The largest absolute Gasteiger partial charge is 0.365 e. The molecule has 0 spiro atoms. The Morgan fingerprint density at radius 2 is 1.92 bits per heavy atom. The Balaban J connectivity index is 1.62. The van der Waals surface area contributed by atoms with Gasteiger partial charge in [-0.1, -0.05) is 23.7 Å². The highest BCUT2D eigenvalue weighted by molar-refractivity contribution is 6.30. The summed E-state index contributed by atoms with van der Waals surface area (Å²) < 4.78 is 0. The van der Waals surface area contributed by atoms with Gasteiger partial charge in [0.15, 0.2) is 0 Å². The molecule has 0 aromatic heterocycles. The summed E-state index contributed by atoms with van der Waals surface area (Å²) in [5, 5.41) is 3.59. The van der Waals surface area contributed by atoms with Gasteiger partial charge in [-0.3, -0.25) is 0 Å². The highest BCUT2D eigenvalue weighted by atomic mass is 35.5. The molecule has 0 radical (unpaired) electrons. The molecule has 1 aliphatic rings. The summed E-state index contributed by atoms with van der Waals surface area (Å²) in [6.45, 7) is 6.50. The smallest absolute Gasteiger partial charge is 0.321 e. The number of anilines is 2. The first-order chi connectivity index (χ1) is 11.5. The van der Waals surface area contributed by atoms with Gasteiger partial charge in [-0.15, -0.1) is 0 Å². The van der Waals surface area contributed by atoms with E-state index in [1.54, 1.807) is 12.1 Å². The lowest BCUT2D eigenvalue weighted by molar-refractivity contribution is 0.200. The van der Waals surface area contributed by atoms with Crippen LogP contribution in [0.4, 0.5) is 16.2 Å². The molecule has 1 heterocycles. The number of hydrogen-bond acceptors (Lipinski definition) is 2. The third-order valence-electron chi connectivity index (χ3n) is 4.34. The van der Waals surface area contributed by atoms with E-state index in [0.717, 1.165) is 12.2 Å². The van der Waals surface area contributed by atoms with E-state index >= 15 is 0 Å². The number of halogens is 1. The van der Waals surface area contributed by atoms with Gasteiger partial charge in [0.05, 0.1) is 0 Å². The lowest BCUT2D eigenvalue weighted by Crippen LogP contribution is -2.54. The molecule has 2 aromatic rings. The SMILES string of the molecule is Cc1cccc(N2CCN(C(=O)Nc3ccc(Cl)cc3)CC2C)c1. The Morgan fingerprint density at radius 1 is 1.17 bits per heavy atom. The van der Waals surface area contributed by atoms with Crippen LogP contribution in [-0.2, 0) is 0 Å². The molecule has 1 N–H and O–H groups in total. The summed E-state index contributed by atoms with van der Waals surface area (Å²) in [5.74, 6) is 0. The molecule has 1 aliphatic heterocycles. The number of carbonyl (C=O) groups excluding carboxylic acids is 1. The van der Waals surface area contributed by atoms with E-state index in [0.29, 0.717) is 18.1 Å². The summed E-state index contributed by atoms with van der Waals surface area (Å²) in [5.41, 5.74) is 3.24. The van der Waals surface area contributed by atoms with Crippen molar-refractivity contribution in [1.29, 1.82) is 0 Å². The molecule has 2 aromatic carbocycles. The number of nitrogens with zero attached hydrogens (tertiary/aromatic N) is 2. The molecule has 1 unspecified atom stereocenters. The first-order valence-corrected chi connectivity index (χ1v) is 8.55. The molecule has 0 saturated carbocycles. The highest BCUT2D eigenvalue weighted by Gasteiger charge is 2.26. The van der Waals surface area contributed by atoms with Crippen LogP contribution in [0.25, 0.3) is 0 Å². The van der Waals surface area contributed by atoms with Crippen LogP contribution in [0.1, 0.15) is 12.5 Å². The first kappa shape index (κ1) is 16.7. The number of rotatable bonds is 2. The molecule has 3 rings (SSSR count). The lowest BCUT2D eigenvalue weighted by Gasteiger charge is -2.41. The van der Waals surface area contributed by atoms with E-state index in [9.17, 15) is 4.79 Å². The maximum absolute atomic E-state index is 12.5. The zero-order chi connectivity index (χ0) is 17.1. The van der Waals surface area contributed by atoms with Crippen molar-refractivity contribution >= 4 is 29.0 Å². The third-order valence-corrected chi connectivity index (χ3v) is 4.60. The summed E-state index contributed by atoms with van der Waals surface area (Å²) in [6.07, 6.45) is 0. The van der Waals surface area contributed by atoms with E-state index < -0.39 is 0 Å². The second kappa shape index (κ2) is 7.14. The standard InChI is InChI=1S/C19H22ClN3O/c1-14-4-3-5-18(12-14)23-11-10-22(13-15(23)2)19(24)21-17-8-6-16(20)7-9-17/h3-9,12,15H,10-11,13H2,1-2H3,(H,21,24). The monoisotopic (exact) mass is 343 g/mol. The van der Waals surface area contributed by atoms with Crippen LogP contribution < -0.4 is 10.2 Å². The van der Waals surface area contributed by atoms with Gasteiger partial charge in [-0.2, -0.15) is 0 Å². The van der Waals surface area contributed by atoms with Gasteiger partial charge in [-0.25, -0.2) is 4.79 Å². The van der Waals surface area contributed by atoms with Gasteiger partial charge < -0.3 is 15.1 Å². The number of nitrogens with one attached hydrogen (secondary N) is 1. The number of carbonyl (C=O) groups is 1. The predicted molar refractivity (Wildman–Crippen MR) is 100 cm³/mol. The van der Waals surface area contributed by atoms with Crippen molar-refractivity contribution in [2.45, 2.75) is 19.9 Å². The maximum atomic E-state index is 12.5. The summed E-state index contributed by atoms with van der Waals surface area (Å²) in [6, 6.07) is 15.9. The molecule has 24 heavy (non-hydrogen) atoms. The molecule has 126 valence electrons. The van der Waals surface area contributed by atoms with Gasteiger partial charge >= 0.3 is 6.03 Å². The second-order valence-electron chi connectivity index (χ2n) is 6.26. The van der Waals surface area contributed by atoms with E-state index in [-0.39, 0.29) is 12.1 Å². The number of aryl methyl sites for hydroxylation is 1. The minimum Gasteiger partial charge on any atom is -0.365 e. The van der Waals surface area contributed by atoms with Crippen molar-refractivity contribution in [3.63, 3.8) is 0 Å². The number of benzene rings is 2. The lowest BCUT2D eigenvalue weighted by atomic mass is 10.1. The zero-order valence-corrected chi connectivity index (χ0v) is 14.8. The molecular formula is C19H22ClN3O. The molecule has 4 nitrogen and oxygen atoms in total. The average molecular weight is 344 g/mol. The minimum absolute atomic E-state index is 0.0620. The van der Waals surface area contributed by atoms with E-state index in [1.165, 1.54) is 11.3 Å². The van der Waals surface area contributed by atoms with E-state index in [1.807, 2.05) is 17.0 Å². The van der Waals surface area contributed by atoms with Crippen LogP contribution in [0, 0.1) is 6.92 Å². The topological polar surface area (TPSA) is 35.6 Å². The fraction of sp³-hybridized carbons (Fsp3) is 0.316. The van der Waals surface area contributed by atoms with Crippen LogP contribution in [0.15, 0.2) is 48.5 Å². The fourth-order valence-corrected chi connectivity index (χ4v) is 3.19. The summed E-state index contributed by atoms with van der Waals surface area (Å²) in [4.78, 5) is 16.7. The molecule has 1 atom stereocenters. The van der Waals surface area contributed by atoms with Crippen molar-refractivity contribution in [1.82, 2.24) is 4.90 Å². The summed E-state index contributed by atoms with van der Waals surface area (Å²) in [7, 11) is 0. The predicted octanol–water partition coefficient (Wildman–Crippen LogP) is 4.39. The first-order valence-electron chi connectivity index (χ1n) is 8.18. The van der Waals surface area contributed by atoms with Gasteiger partial charge in [0, 0.05) is 42.1 Å². The van der Waals surface area contributed by atoms with Crippen molar-refractivity contribution in [3.8, 4) is 0 Å². The Hall–Kier alpha value is -2.20. The van der Waals surface area contributed by atoms with Crippen molar-refractivity contribution in [2.24, 2.45) is 0 Å². The number of urea groups is 1. The Bertz CT molecular complexity index is 717. The Labute approximate surface area is 148 Å². The van der Waals surface area contributed by atoms with Crippen LogP contribution in [0.2, 0.25) is 5.02 Å². The maximum Gasteiger partial charge on any atom is 0.321 e. The van der Waals surface area contributed by atoms with Crippen LogP contribution in [0.3, 0.4) is 0 Å². The quantitative estimate of drug-likeness (QED) is 0.877. The fourth-order valence-electron chi connectivity index (χ4n) is 3.07. The number of amides is 2. The Kier molecular flexibility index (Phi) is 4.95. The van der Waals surface area contributed by atoms with Crippen LogP contribution in [-0.4, -0.2) is 36.6 Å². The van der Waals surface area contributed by atoms with E-state index in [4.69, 9.17) is 11.6 Å². The van der Waals surface area contributed by atoms with Gasteiger partial charge in [-0.05, 0) is 55.8 Å². The molecule has 2 amide bonds. The highest BCUT2D eigenvalue weighted by Crippen LogP contribution is 2.22. The molecule has 1 fully saturated rings. The van der Waals surface area contributed by atoms with Crippen LogP contribution >= 0.6 is 11.6 Å². The number of piperazine rings is 1. The molecule has 5 heteroatoms. The molecule has 0 aliphatic carbocycles. The van der Waals surface area contributed by atoms with E-state index in [2.05, 4.69) is 48.3 Å². The van der Waals surface area contributed by atoms with Crippen LogP contribution in [0.5, 0.6) is 0 Å². The summed E-state index contributed by atoms with van der Waals surface area (Å²) >= 11 is 5.87. The molecular weight excluding hydrogens is 322 g/mol. The van der Waals surface area contributed by atoms with Crippen molar-refractivity contribution in [2.75, 3.05) is 29.9 Å². The van der Waals surface area contributed by atoms with Crippen molar-refractivity contribution < 1.29 is 4.79 Å². The van der Waals surface area contributed by atoms with Gasteiger partial charge in [0.25, 0.3) is 0 Å². The minimum atomic E-state index is -0.0620. The van der Waals surface area contributed by atoms with Crippen molar-refractivity contribution in [3.05, 3.63) is 59.1 Å².